The Morgan fingerprint density at radius 1 is 1.23 bits per heavy atom. The lowest BCUT2D eigenvalue weighted by molar-refractivity contribution is -0.148. The SMILES string of the molecule is COC(=O)[C@@H](C)N1C(=O)S/C(=C/c2cc(I)c(OCc3ccccc3Cl)c(I)c2)C1=O. The van der Waals surface area contributed by atoms with Crippen molar-refractivity contribution < 1.29 is 23.9 Å². The van der Waals surface area contributed by atoms with E-state index >= 15 is 0 Å². The number of methoxy groups -OCH3 is 1. The molecule has 1 heterocycles. The van der Waals surface area contributed by atoms with E-state index in [0.717, 1.165) is 34.9 Å². The molecule has 3 rings (SSSR count). The van der Waals surface area contributed by atoms with Crippen molar-refractivity contribution in [3.8, 4) is 5.75 Å². The molecule has 0 aromatic heterocycles. The maximum atomic E-state index is 12.7. The molecule has 0 spiro atoms. The van der Waals surface area contributed by atoms with Gasteiger partial charge in [-0.1, -0.05) is 29.8 Å². The van der Waals surface area contributed by atoms with Crippen molar-refractivity contribution in [2.45, 2.75) is 19.6 Å². The summed E-state index contributed by atoms with van der Waals surface area (Å²) >= 11 is 11.3. The van der Waals surface area contributed by atoms with Gasteiger partial charge in [-0.25, -0.2) is 4.79 Å². The van der Waals surface area contributed by atoms with Crippen LogP contribution in [0.2, 0.25) is 5.02 Å². The number of imide groups is 1. The van der Waals surface area contributed by atoms with Crippen LogP contribution in [0.5, 0.6) is 5.75 Å². The molecular weight excluding hydrogens is 668 g/mol. The number of ether oxygens (including phenoxy) is 2. The Morgan fingerprint density at radius 2 is 1.87 bits per heavy atom. The summed E-state index contributed by atoms with van der Waals surface area (Å²) in [5.41, 5.74) is 1.63. The number of carbonyl (C=O) groups is 3. The van der Waals surface area contributed by atoms with E-state index < -0.39 is 23.2 Å². The third-order valence-corrected chi connectivity index (χ3v) is 7.26. The number of hydrogen-bond acceptors (Lipinski definition) is 6. The largest absolute Gasteiger partial charge is 0.487 e. The van der Waals surface area contributed by atoms with Gasteiger partial charge in [-0.3, -0.25) is 14.5 Å². The Bertz CT molecular complexity index is 1070. The molecule has 1 saturated heterocycles. The highest BCUT2D eigenvalue weighted by Gasteiger charge is 2.41. The van der Waals surface area contributed by atoms with Gasteiger partial charge in [0.05, 0.1) is 19.2 Å². The molecule has 0 unspecified atom stereocenters. The number of amides is 2. The lowest BCUT2D eigenvalue weighted by atomic mass is 10.2. The van der Waals surface area contributed by atoms with Gasteiger partial charge in [0.25, 0.3) is 11.1 Å². The summed E-state index contributed by atoms with van der Waals surface area (Å²) in [5.74, 6) is -0.449. The minimum atomic E-state index is -0.982. The molecule has 6 nitrogen and oxygen atoms in total. The van der Waals surface area contributed by atoms with Gasteiger partial charge in [0.15, 0.2) is 0 Å². The smallest absolute Gasteiger partial charge is 0.328 e. The number of hydrogen-bond donors (Lipinski definition) is 0. The van der Waals surface area contributed by atoms with Crippen LogP contribution in [0.15, 0.2) is 41.3 Å². The zero-order chi connectivity index (χ0) is 22.7. The normalized spacial score (nSPS) is 16.0. The van der Waals surface area contributed by atoms with Crippen LogP contribution in [-0.4, -0.2) is 35.2 Å². The van der Waals surface area contributed by atoms with E-state index in [2.05, 4.69) is 49.9 Å². The van der Waals surface area contributed by atoms with Gasteiger partial charge in [-0.05, 0) is 93.7 Å². The van der Waals surface area contributed by atoms with E-state index in [1.165, 1.54) is 14.0 Å². The maximum Gasteiger partial charge on any atom is 0.328 e. The molecule has 0 radical (unpaired) electrons. The van der Waals surface area contributed by atoms with Crippen LogP contribution in [-0.2, 0) is 20.9 Å². The summed E-state index contributed by atoms with van der Waals surface area (Å²) in [4.78, 5) is 37.9. The highest BCUT2D eigenvalue weighted by Crippen LogP contribution is 2.36. The van der Waals surface area contributed by atoms with E-state index in [0.29, 0.717) is 17.4 Å². The summed E-state index contributed by atoms with van der Waals surface area (Å²) < 4.78 is 12.3. The molecule has 10 heteroatoms. The summed E-state index contributed by atoms with van der Waals surface area (Å²) in [6.07, 6.45) is 1.64. The predicted octanol–water partition coefficient (Wildman–Crippen LogP) is 5.73. The van der Waals surface area contributed by atoms with Gasteiger partial charge in [0, 0.05) is 10.6 Å². The fourth-order valence-corrected chi connectivity index (χ4v) is 6.03. The molecule has 1 fully saturated rings. The minimum absolute atomic E-state index is 0.247. The molecule has 1 aliphatic rings. The number of halogens is 3. The second-order valence-electron chi connectivity index (χ2n) is 6.44. The molecule has 1 atom stereocenters. The van der Waals surface area contributed by atoms with E-state index in [1.807, 2.05) is 36.4 Å². The predicted molar refractivity (Wildman–Crippen MR) is 137 cm³/mol. The van der Waals surface area contributed by atoms with Crippen molar-refractivity contribution in [1.29, 1.82) is 0 Å². The highest BCUT2D eigenvalue weighted by atomic mass is 127. The molecule has 2 amide bonds. The first-order chi connectivity index (χ1) is 14.7. The Balaban J connectivity index is 1.80. The van der Waals surface area contributed by atoms with E-state index in [-0.39, 0.29) is 4.91 Å². The Kier molecular flexibility index (Phi) is 8.27. The second kappa shape index (κ2) is 10.5. The minimum Gasteiger partial charge on any atom is -0.487 e. The van der Waals surface area contributed by atoms with Crippen molar-refractivity contribution in [2.75, 3.05) is 7.11 Å². The van der Waals surface area contributed by atoms with Gasteiger partial charge in [-0.15, -0.1) is 0 Å². The maximum absolute atomic E-state index is 12.7. The van der Waals surface area contributed by atoms with Gasteiger partial charge in [-0.2, -0.15) is 0 Å². The molecule has 0 bridgehead atoms. The number of benzene rings is 2. The first kappa shape index (κ1) is 24.3. The molecule has 2 aromatic rings. The van der Waals surface area contributed by atoms with Crippen LogP contribution in [0.3, 0.4) is 0 Å². The molecular formula is C21H16ClI2NO5S. The second-order valence-corrected chi connectivity index (χ2v) is 10.2. The van der Waals surface area contributed by atoms with Gasteiger partial charge >= 0.3 is 5.97 Å². The molecule has 1 aliphatic heterocycles. The first-order valence-electron chi connectivity index (χ1n) is 8.93. The number of nitrogens with zero attached hydrogens (tertiary/aromatic N) is 1. The monoisotopic (exact) mass is 683 g/mol. The lowest BCUT2D eigenvalue weighted by Crippen LogP contribution is -2.42. The molecule has 162 valence electrons. The third kappa shape index (κ3) is 5.55. The van der Waals surface area contributed by atoms with Crippen molar-refractivity contribution in [2.24, 2.45) is 0 Å². The standard InChI is InChI=1S/C21H16ClI2NO5S/c1-11(20(27)29-2)25-19(26)17(31-21(25)28)9-12-7-15(23)18(16(24)8-12)30-10-13-5-3-4-6-14(13)22/h3-9,11H,10H2,1-2H3/b17-9+/t11-/m1/s1. The lowest BCUT2D eigenvalue weighted by Gasteiger charge is -2.18. The fraction of sp³-hybridized carbons (Fsp3) is 0.190. The van der Waals surface area contributed by atoms with Gasteiger partial charge in [0.2, 0.25) is 0 Å². The number of thioether (sulfide) groups is 1. The Labute approximate surface area is 215 Å². The fourth-order valence-electron chi connectivity index (χ4n) is 2.81. The van der Waals surface area contributed by atoms with Crippen LogP contribution < -0.4 is 4.74 Å². The summed E-state index contributed by atoms with van der Waals surface area (Å²) in [5, 5.41) is 0.138. The van der Waals surface area contributed by atoms with Crippen molar-refractivity contribution >= 4 is 91.7 Å². The molecule has 0 aliphatic carbocycles. The zero-order valence-electron chi connectivity index (χ0n) is 16.4. The van der Waals surface area contributed by atoms with E-state index in [4.69, 9.17) is 16.3 Å². The number of carbonyl (C=O) groups excluding carboxylic acids is 3. The van der Waals surface area contributed by atoms with Crippen LogP contribution >= 0.6 is 68.5 Å². The van der Waals surface area contributed by atoms with Crippen molar-refractivity contribution in [3.63, 3.8) is 0 Å². The molecule has 31 heavy (non-hydrogen) atoms. The zero-order valence-corrected chi connectivity index (χ0v) is 22.2. The first-order valence-corrected chi connectivity index (χ1v) is 12.3. The average Bonchev–Trinajstić information content (AvgIpc) is 3.00. The van der Waals surface area contributed by atoms with Gasteiger partial charge < -0.3 is 9.47 Å². The summed E-state index contributed by atoms with van der Waals surface area (Å²) in [6.45, 7) is 1.79. The summed E-state index contributed by atoms with van der Waals surface area (Å²) in [6, 6.07) is 10.2. The molecule has 2 aromatic carbocycles. The Hall–Kier alpha value is -1.31. The third-order valence-electron chi connectivity index (χ3n) is 4.40. The molecule has 0 saturated carbocycles. The van der Waals surface area contributed by atoms with Crippen LogP contribution in [0.1, 0.15) is 18.1 Å². The molecule has 0 N–H and O–H groups in total. The van der Waals surface area contributed by atoms with Crippen LogP contribution in [0, 0.1) is 7.14 Å². The van der Waals surface area contributed by atoms with E-state index in [1.54, 1.807) is 6.08 Å². The van der Waals surface area contributed by atoms with E-state index in [9.17, 15) is 14.4 Å². The van der Waals surface area contributed by atoms with Gasteiger partial charge in [0.1, 0.15) is 18.4 Å². The van der Waals surface area contributed by atoms with Crippen molar-refractivity contribution in [3.05, 3.63) is 64.6 Å². The Morgan fingerprint density at radius 3 is 2.48 bits per heavy atom. The number of esters is 1. The van der Waals surface area contributed by atoms with Crippen LogP contribution in [0.4, 0.5) is 4.79 Å². The van der Waals surface area contributed by atoms with Crippen molar-refractivity contribution in [1.82, 2.24) is 4.90 Å². The topological polar surface area (TPSA) is 72.9 Å². The van der Waals surface area contributed by atoms with Crippen LogP contribution in [0.25, 0.3) is 6.08 Å². The number of rotatable bonds is 6. The average molecular weight is 684 g/mol. The highest BCUT2D eigenvalue weighted by molar-refractivity contribution is 14.1. The quantitative estimate of drug-likeness (QED) is 0.220. The summed E-state index contributed by atoms with van der Waals surface area (Å²) in [7, 11) is 1.22.